The number of hydrogen-bond acceptors (Lipinski definition) is 7. The SMILES string of the molecule is CCC(C)(C)C1CCc2c(sc3ncn4nc(-c5ccc(Cn6cc([N+](=O)[O-])cn6)cc5)nc4c23)C1. The summed E-state index contributed by atoms with van der Waals surface area (Å²) >= 11 is 1.81. The summed E-state index contributed by atoms with van der Waals surface area (Å²) in [5, 5.41) is 20.8. The van der Waals surface area contributed by atoms with Crippen molar-refractivity contribution in [3.63, 3.8) is 0 Å². The van der Waals surface area contributed by atoms with Gasteiger partial charge in [0.15, 0.2) is 11.5 Å². The van der Waals surface area contributed by atoms with Crippen molar-refractivity contribution < 1.29 is 4.92 Å². The summed E-state index contributed by atoms with van der Waals surface area (Å²) in [5.41, 5.74) is 4.50. The van der Waals surface area contributed by atoms with Gasteiger partial charge in [0.25, 0.3) is 0 Å². The van der Waals surface area contributed by atoms with E-state index in [-0.39, 0.29) is 5.69 Å². The van der Waals surface area contributed by atoms with Crippen molar-refractivity contribution in [1.29, 1.82) is 0 Å². The van der Waals surface area contributed by atoms with Gasteiger partial charge in [-0.2, -0.15) is 5.10 Å². The van der Waals surface area contributed by atoms with E-state index < -0.39 is 4.92 Å². The lowest BCUT2D eigenvalue weighted by molar-refractivity contribution is -0.385. The number of nitrogens with zero attached hydrogens (tertiary/aromatic N) is 7. The molecule has 1 aromatic carbocycles. The fraction of sp³-hybridized carbons (Fsp3) is 0.385. The lowest BCUT2D eigenvalue weighted by Crippen LogP contribution is -2.28. The van der Waals surface area contributed by atoms with Crippen molar-refractivity contribution in [2.75, 3.05) is 0 Å². The predicted octanol–water partition coefficient (Wildman–Crippen LogP) is 5.70. The normalized spacial score (nSPS) is 16.0. The summed E-state index contributed by atoms with van der Waals surface area (Å²) in [5.74, 6) is 1.35. The molecule has 0 saturated heterocycles. The number of aryl methyl sites for hydroxylation is 1. The predicted molar refractivity (Wildman–Crippen MR) is 139 cm³/mol. The Hall–Kier alpha value is -3.66. The summed E-state index contributed by atoms with van der Waals surface area (Å²) < 4.78 is 3.36. The molecule has 0 amide bonds. The van der Waals surface area contributed by atoms with E-state index in [1.54, 1.807) is 15.5 Å². The zero-order valence-corrected chi connectivity index (χ0v) is 21.3. The van der Waals surface area contributed by atoms with Gasteiger partial charge in [0.1, 0.15) is 23.6 Å². The summed E-state index contributed by atoms with van der Waals surface area (Å²) in [6.45, 7) is 7.52. The third-order valence-corrected chi connectivity index (χ3v) is 8.95. The molecular formula is C26H27N7O2S. The molecule has 4 heterocycles. The van der Waals surface area contributed by atoms with Gasteiger partial charge >= 0.3 is 5.69 Å². The van der Waals surface area contributed by atoms with Crippen LogP contribution in [0.15, 0.2) is 43.0 Å². The molecule has 184 valence electrons. The first kappa shape index (κ1) is 22.8. The number of hydrogen-bond donors (Lipinski definition) is 0. The molecule has 0 aliphatic heterocycles. The highest BCUT2D eigenvalue weighted by Crippen LogP contribution is 2.45. The summed E-state index contributed by atoms with van der Waals surface area (Å²) in [4.78, 5) is 22.6. The maximum absolute atomic E-state index is 10.9. The average Bonchev–Trinajstić information content (AvgIpc) is 3.60. The van der Waals surface area contributed by atoms with Crippen LogP contribution in [0.2, 0.25) is 0 Å². The standard InChI is InChI=1S/C26H27N7O2S/c1-4-26(2,3)18-9-10-20-21(11-18)36-25-22(20)24-29-23(30-32(24)15-27-25)17-7-5-16(6-8-17)13-31-14-19(12-28-31)33(34)35/h5-8,12,14-15,18H,4,9-11,13H2,1-3H3. The quantitative estimate of drug-likeness (QED) is 0.218. The molecule has 0 radical (unpaired) electrons. The summed E-state index contributed by atoms with van der Waals surface area (Å²) in [6.07, 6.45) is 9.03. The number of fused-ring (bicyclic) bond motifs is 5. The van der Waals surface area contributed by atoms with Crippen molar-refractivity contribution in [2.45, 2.75) is 53.0 Å². The maximum Gasteiger partial charge on any atom is 0.307 e. The monoisotopic (exact) mass is 501 g/mol. The van der Waals surface area contributed by atoms with E-state index in [9.17, 15) is 10.1 Å². The molecule has 1 aliphatic rings. The fourth-order valence-corrected chi connectivity index (χ4v) is 6.39. The first-order chi connectivity index (χ1) is 17.3. The molecule has 9 nitrogen and oxygen atoms in total. The van der Waals surface area contributed by atoms with Gasteiger partial charge in [0.05, 0.1) is 16.9 Å². The third-order valence-electron chi connectivity index (χ3n) is 7.79. The van der Waals surface area contributed by atoms with Crippen LogP contribution in [-0.2, 0) is 19.4 Å². The minimum absolute atomic E-state index is 0.0133. The molecule has 10 heteroatoms. The Bertz CT molecular complexity index is 1600. The van der Waals surface area contributed by atoms with E-state index in [0.29, 0.717) is 23.7 Å². The topological polar surface area (TPSA) is 104 Å². The van der Waals surface area contributed by atoms with Crippen LogP contribution in [0.1, 0.15) is 49.6 Å². The Morgan fingerprint density at radius 1 is 1.25 bits per heavy atom. The van der Waals surface area contributed by atoms with E-state index in [0.717, 1.165) is 39.8 Å². The van der Waals surface area contributed by atoms with Crippen LogP contribution in [0.3, 0.4) is 0 Å². The molecule has 0 spiro atoms. The number of benzene rings is 1. The molecule has 1 atom stereocenters. The van der Waals surface area contributed by atoms with Gasteiger partial charge in [-0.25, -0.2) is 14.5 Å². The van der Waals surface area contributed by atoms with E-state index in [4.69, 9.17) is 15.1 Å². The zero-order chi connectivity index (χ0) is 25.0. The highest BCUT2D eigenvalue weighted by atomic mass is 32.1. The molecule has 0 saturated carbocycles. The molecule has 36 heavy (non-hydrogen) atoms. The second-order valence-corrected chi connectivity index (χ2v) is 11.3. The largest absolute Gasteiger partial charge is 0.307 e. The van der Waals surface area contributed by atoms with Gasteiger partial charge < -0.3 is 0 Å². The second kappa shape index (κ2) is 8.48. The molecule has 4 aromatic heterocycles. The molecular weight excluding hydrogens is 474 g/mol. The first-order valence-corrected chi connectivity index (χ1v) is 13.1. The summed E-state index contributed by atoms with van der Waals surface area (Å²) in [7, 11) is 0. The molecule has 0 bridgehead atoms. The Kier molecular flexibility index (Phi) is 5.36. The molecule has 1 unspecified atom stereocenters. The number of aromatic nitrogens is 6. The van der Waals surface area contributed by atoms with Crippen molar-refractivity contribution in [3.05, 3.63) is 69.1 Å². The van der Waals surface area contributed by atoms with Crippen LogP contribution in [0, 0.1) is 21.4 Å². The number of nitro groups is 1. The average molecular weight is 502 g/mol. The molecule has 0 fully saturated rings. The highest BCUT2D eigenvalue weighted by Gasteiger charge is 2.33. The van der Waals surface area contributed by atoms with Gasteiger partial charge in [-0.3, -0.25) is 14.8 Å². The molecule has 6 rings (SSSR count). The molecule has 0 N–H and O–H groups in total. The fourth-order valence-electron chi connectivity index (χ4n) is 5.13. The Morgan fingerprint density at radius 2 is 2.06 bits per heavy atom. The second-order valence-electron chi connectivity index (χ2n) is 10.3. The number of thiophene rings is 1. The third kappa shape index (κ3) is 3.85. The minimum Gasteiger partial charge on any atom is -0.261 e. The van der Waals surface area contributed by atoms with Gasteiger partial charge in [-0.1, -0.05) is 51.5 Å². The van der Waals surface area contributed by atoms with Gasteiger partial charge in [-0.15, -0.1) is 16.4 Å². The minimum atomic E-state index is -0.442. The van der Waals surface area contributed by atoms with E-state index in [2.05, 4.69) is 25.9 Å². The van der Waals surface area contributed by atoms with E-state index >= 15 is 0 Å². The van der Waals surface area contributed by atoms with Crippen molar-refractivity contribution >= 4 is 32.9 Å². The van der Waals surface area contributed by atoms with Crippen LogP contribution < -0.4 is 0 Å². The summed E-state index contributed by atoms with van der Waals surface area (Å²) in [6, 6.07) is 7.91. The van der Waals surface area contributed by atoms with Crippen LogP contribution in [0.4, 0.5) is 5.69 Å². The van der Waals surface area contributed by atoms with Crippen LogP contribution in [0.25, 0.3) is 27.3 Å². The van der Waals surface area contributed by atoms with Gasteiger partial charge in [-0.05, 0) is 41.7 Å². The van der Waals surface area contributed by atoms with Gasteiger partial charge in [0.2, 0.25) is 0 Å². The van der Waals surface area contributed by atoms with Crippen molar-refractivity contribution in [1.82, 2.24) is 29.4 Å². The highest BCUT2D eigenvalue weighted by molar-refractivity contribution is 7.19. The van der Waals surface area contributed by atoms with Gasteiger partial charge in [0, 0.05) is 10.4 Å². The van der Waals surface area contributed by atoms with E-state index in [1.807, 2.05) is 35.6 Å². The molecule has 1 aliphatic carbocycles. The zero-order valence-electron chi connectivity index (χ0n) is 20.5. The van der Waals surface area contributed by atoms with Crippen LogP contribution >= 0.6 is 11.3 Å². The lowest BCUT2D eigenvalue weighted by atomic mass is 9.70. The Labute approximate surface area is 212 Å². The number of rotatable bonds is 6. The van der Waals surface area contributed by atoms with Crippen LogP contribution in [0.5, 0.6) is 0 Å². The Morgan fingerprint density at radius 3 is 2.78 bits per heavy atom. The van der Waals surface area contributed by atoms with Crippen molar-refractivity contribution in [2.24, 2.45) is 11.3 Å². The maximum atomic E-state index is 10.9. The Balaban J connectivity index is 1.30. The first-order valence-electron chi connectivity index (χ1n) is 12.2. The van der Waals surface area contributed by atoms with Crippen molar-refractivity contribution in [3.8, 4) is 11.4 Å². The lowest BCUT2D eigenvalue weighted by Gasteiger charge is -2.36. The van der Waals surface area contributed by atoms with Crippen LogP contribution in [-0.4, -0.2) is 34.3 Å². The smallest absolute Gasteiger partial charge is 0.261 e. The van der Waals surface area contributed by atoms with E-state index in [1.165, 1.54) is 35.7 Å². The molecule has 5 aromatic rings.